The Morgan fingerprint density at radius 2 is 1.86 bits per heavy atom. The van der Waals surface area contributed by atoms with Gasteiger partial charge in [-0.1, -0.05) is 18.2 Å². The molecule has 0 aliphatic rings. The molecule has 22 heavy (non-hydrogen) atoms. The Morgan fingerprint density at radius 3 is 2.45 bits per heavy atom. The van der Waals surface area contributed by atoms with Crippen LogP contribution in [0.2, 0.25) is 0 Å². The number of carbonyl (C=O) groups is 2. The molecule has 1 aromatic carbocycles. The van der Waals surface area contributed by atoms with Crippen molar-refractivity contribution >= 4 is 11.9 Å². The number of hydrogen-bond acceptors (Lipinski definition) is 5. The molecular formula is C16H18N2O4. The monoisotopic (exact) mass is 302 g/mol. The van der Waals surface area contributed by atoms with Crippen LogP contribution in [0.3, 0.4) is 0 Å². The van der Waals surface area contributed by atoms with Crippen LogP contribution in [0.5, 0.6) is 0 Å². The first kappa shape index (κ1) is 15.8. The molecule has 2 rings (SSSR count). The second-order valence-corrected chi connectivity index (χ2v) is 5.07. The lowest BCUT2D eigenvalue weighted by atomic mass is 10.2. The minimum Gasteiger partial charge on any atom is -0.448 e. The van der Waals surface area contributed by atoms with Crippen molar-refractivity contribution in [3.05, 3.63) is 41.8 Å². The molecule has 0 spiro atoms. The number of amides is 1. The summed E-state index contributed by atoms with van der Waals surface area (Å²) in [4.78, 5) is 29.4. The molecule has 0 aliphatic heterocycles. The van der Waals surface area contributed by atoms with E-state index in [1.54, 1.807) is 21.0 Å². The Balaban J connectivity index is 2.18. The lowest BCUT2D eigenvalue weighted by Crippen LogP contribution is -2.35. The number of rotatable bonds is 4. The van der Waals surface area contributed by atoms with Gasteiger partial charge in [-0.15, -0.1) is 0 Å². The van der Waals surface area contributed by atoms with Crippen LogP contribution in [-0.2, 0) is 9.53 Å². The highest BCUT2D eigenvalue weighted by Gasteiger charge is 2.24. The number of aromatic nitrogens is 1. The number of oxazole rings is 1. The first-order chi connectivity index (χ1) is 10.4. The van der Waals surface area contributed by atoms with Gasteiger partial charge in [0.25, 0.3) is 5.91 Å². The molecule has 1 heterocycles. The molecule has 2 aromatic rings. The molecule has 0 saturated heterocycles. The standard InChI is InChI=1S/C16H18N2O4/c1-10-13(16(20)22-11(2)15(19)18(3)4)17-14(21-10)12-8-6-5-7-9-12/h5-9,11H,1-4H3/t11-/m1/s1. The zero-order valence-corrected chi connectivity index (χ0v) is 13.0. The largest absolute Gasteiger partial charge is 0.448 e. The number of nitrogens with zero attached hydrogens (tertiary/aromatic N) is 2. The summed E-state index contributed by atoms with van der Waals surface area (Å²) in [6.45, 7) is 3.15. The SMILES string of the molecule is Cc1oc(-c2ccccc2)nc1C(=O)O[C@H](C)C(=O)N(C)C. The van der Waals surface area contributed by atoms with Crippen LogP contribution in [0.25, 0.3) is 11.5 Å². The van der Waals surface area contributed by atoms with Gasteiger partial charge >= 0.3 is 5.97 Å². The van der Waals surface area contributed by atoms with Gasteiger partial charge < -0.3 is 14.1 Å². The van der Waals surface area contributed by atoms with Crippen molar-refractivity contribution in [1.29, 1.82) is 0 Å². The molecule has 0 unspecified atom stereocenters. The predicted octanol–water partition coefficient (Wildman–Crippen LogP) is 2.28. The van der Waals surface area contributed by atoms with Crippen molar-refractivity contribution in [3.63, 3.8) is 0 Å². The molecule has 0 fully saturated rings. The van der Waals surface area contributed by atoms with Crippen molar-refractivity contribution < 1.29 is 18.7 Å². The molecule has 0 saturated carbocycles. The smallest absolute Gasteiger partial charge is 0.361 e. The Labute approximate surface area is 128 Å². The number of esters is 1. The van der Waals surface area contributed by atoms with E-state index < -0.39 is 12.1 Å². The van der Waals surface area contributed by atoms with Gasteiger partial charge in [0.1, 0.15) is 5.76 Å². The second kappa shape index (κ2) is 6.43. The number of likely N-dealkylation sites (N-methyl/N-ethyl adjacent to an activating group) is 1. The lowest BCUT2D eigenvalue weighted by molar-refractivity contribution is -0.137. The molecule has 0 bridgehead atoms. The number of hydrogen-bond donors (Lipinski definition) is 0. The summed E-state index contributed by atoms with van der Waals surface area (Å²) in [6.07, 6.45) is -0.876. The van der Waals surface area contributed by atoms with Crippen molar-refractivity contribution in [3.8, 4) is 11.5 Å². The topological polar surface area (TPSA) is 72.6 Å². The van der Waals surface area contributed by atoms with Gasteiger partial charge in [0, 0.05) is 19.7 Å². The zero-order valence-electron chi connectivity index (χ0n) is 13.0. The number of aryl methyl sites for hydroxylation is 1. The minimum absolute atomic E-state index is 0.0808. The van der Waals surface area contributed by atoms with E-state index in [2.05, 4.69) is 4.98 Å². The first-order valence-corrected chi connectivity index (χ1v) is 6.85. The maximum atomic E-state index is 12.1. The van der Waals surface area contributed by atoms with Crippen molar-refractivity contribution in [2.45, 2.75) is 20.0 Å². The van der Waals surface area contributed by atoms with Crippen LogP contribution >= 0.6 is 0 Å². The molecule has 1 aromatic heterocycles. The fourth-order valence-electron chi connectivity index (χ4n) is 1.92. The van der Waals surface area contributed by atoms with E-state index in [1.807, 2.05) is 30.3 Å². The summed E-state index contributed by atoms with van der Waals surface area (Å²) >= 11 is 0. The third kappa shape index (κ3) is 3.33. The average molecular weight is 302 g/mol. The van der Waals surface area contributed by atoms with Gasteiger partial charge in [-0.3, -0.25) is 4.79 Å². The summed E-state index contributed by atoms with van der Waals surface area (Å²) in [6, 6.07) is 9.25. The Hall–Kier alpha value is -2.63. The van der Waals surface area contributed by atoms with Crippen LogP contribution in [0, 0.1) is 6.92 Å². The van der Waals surface area contributed by atoms with E-state index >= 15 is 0 Å². The van der Waals surface area contributed by atoms with E-state index in [0.717, 1.165) is 5.56 Å². The van der Waals surface area contributed by atoms with Crippen LogP contribution < -0.4 is 0 Å². The number of carbonyl (C=O) groups excluding carboxylic acids is 2. The summed E-state index contributed by atoms with van der Waals surface area (Å²) in [5.41, 5.74) is 0.847. The van der Waals surface area contributed by atoms with Crippen molar-refractivity contribution in [1.82, 2.24) is 9.88 Å². The molecular weight excluding hydrogens is 284 g/mol. The van der Waals surface area contributed by atoms with Crippen LogP contribution in [0.1, 0.15) is 23.2 Å². The third-order valence-corrected chi connectivity index (χ3v) is 3.08. The molecule has 1 amide bonds. The Bertz CT molecular complexity index is 677. The summed E-state index contributed by atoms with van der Waals surface area (Å²) in [5.74, 6) is -0.270. The van der Waals surface area contributed by atoms with Crippen LogP contribution in [0.15, 0.2) is 34.7 Å². The van der Waals surface area contributed by atoms with Crippen molar-refractivity contribution in [2.24, 2.45) is 0 Å². The predicted molar refractivity (Wildman–Crippen MR) is 80.2 cm³/mol. The van der Waals surface area contributed by atoms with Crippen LogP contribution in [0.4, 0.5) is 0 Å². The normalized spacial score (nSPS) is 11.8. The highest BCUT2D eigenvalue weighted by Crippen LogP contribution is 2.22. The third-order valence-electron chi connectivity index (χ3n) is 3.08. The maximum absolute atomic E-state index is 12.1. The van der Waals surface area contributed by atoms with E-state index in [0.29, 0.717) is 11.7 Å². The van der Waals surface area contributed by atoms with Crippen LogP contribution in [-0.4, -0.2) is 42.0 Å². The number of benzene rings is 1. The van der Waals surface area contributed by atoms with Gasteiger partial charge in [-0.2, -0.15) is 0 Å². The molecule has 0 radical (unpaired) electrons. The minimum atomic E-state index is -0.876. The molecule has 6 nitrogen and oxygen atoms in total. The van der Waals surface area contributed by atoms with Gasteiger partial charge in [-0.25, -0.2) is 9.78 Å². The molecule has 6 heteroatoms. The Morgan fingerprint density at radius 1 is 1.23 bits per heavy atom. The number of ether oxygens (including phenoxy) is 1. The summed E-state index contributed by atoms with van der Waals surface area (Å²) in [7, 11) is 3.20. The van der Waals surface area contributed by atoms with E-state index in [1.165, 1.54) is 11.8 Å². The molecule has 116 valence electrons. The quantitative estimate of drug-likeness (QED) is 0.810. The average Bonchev–Trinajstić information content (AvgIpc) is 2.89. The highest BCUT2D eigenvalue weighted by molar-refractivity contribution is 5.91. The van der Waals surface area contributed by atoms with E-state index in [4.69, 9.17) is 9.15 Å². The Kier molecular flexibility index (Phi) is 4.60. The van der Waals surface area contributed by atoms with E-state index in [-0.39, 0.29) is 11.6 Å². The first-order valence-electron chi connectivity index (χ1n) is 6.85. The second-order valence-electron chi connectivity index (χ2n) is 5.07. The zero-order chi connectivity index (χ0) is 16.3. The maximum Gasteiger partial charge on any atom is 0.361 e. The highest BCUT2D eigenvalue weighted by atomic mass is 16.5. The summed E-state index contributed by atoms with van der Waals surface area (Å²) < 4.78 is 10.6. The van der Waals surface area contributed by atoms with Gasteiger partial charge in [0.05, 0.1) is 0 Å². The molecule has 1 atom stereocenters. The van der Waals surface area contributed by atoms with Gasteiger partial charge in [-0.05, 0) is 26.0 Å². The lowest BCUT2D eigenvalue weighted by Gasteiger charge is -2.16. The fourth-order valence-corrected chi connectivity index (χ4v) is 1.92. The molecule has 0 aliphatic carbocycles. The van der Waals surface area contributed by atoms with Crippen molar-refractivity contribution in [2.75, 3.05) is 14.1 Å². The van der Waals surface area contributed by atoms with Gasteiger partial charge in [0.15, 0.2) is 11.8 Å². The van der Waals surface area contributed by atoms with E-state index in [9.17, 15) is 9.59 Å². The van der Waals surface area contributed by atoms with Gasteiger partial charge in [0.2, 0.25) is 5.89 Å². The molecule has 0 N–H and O–H groups in total. The summed E-state index contributed by atoms with van der Waals surface area (Å²) in [5, 5.41) is 0. The fraction of sp³-hybridized carbons (Fsp3) is 0.312.